The molecule has 0 unspecified atom stereocenters. The van der Waals surface area contributed by atoms with Gasteiger partial charge >= 0.3 is 0 Å². The molecule has 0 aliphatic carbocycles. The Morgan fingerprint density at radius 3 is 2.65 bits per heavy atom. The van der Waals surface area contributed by atoms with E-state index in [-0.39, 0.29) is 11.8 Å². The standard InChI is InChI=1S/C17H21N3O2S/c1-20(2)10-5-9-18-16(21)13-6-3-7-14(12-13)19-17(22)15-8-4-11-23-15/h3-4,6-8,11-12H,5,9-10H2,1-2H3,(H,18,21)(H,19,22). The molecule has 2 aromatic rings. The lowest BCUT2D eigenvalue weighted by atomic mass is 10.2. The summed E-state index contributed by atoms with van der Waals surface area (Å²) in [5.74, 6) is -0.292. The summed E-state index contributed by atoms with van der Waals surface area (Å²) >= 11 is 1.38. The highest BCUT2D eigenvalue weighted by molar-refractivity contribution is 7.12. The predicted molar refractivity (Wildman–Crippen MR) is 94.2 cm³/mol. The summed E-state index contributed by atoms with van der Waals surface area (Å²) in [6.45, 7) is 1.56. The second-order valence-electron chi connectivity index (χ2n) is 5.42. The topological polar surface area (TPSA) is 61.4 Å². The van der Waals surface area contributed by atoms with E-state index in [4.69, 9.17) is 0 Å². The van der Waals surface area contributed by atoms with E-state index < -0.39 is 0 Å². The van der Waals surface area contributed by atoms with Gasteiger partial charge in [0.15, 0.2) is 0 Å². The zero-order valence-electron chi connectivity index (χ0n) is 13.3. The highest BCUT2D eigenvalue weighted by Gasteiger charge is 2.09. The van der Waals surface area contributed by atoms with Crippen LogP contribution in [-0.4, -0.2) is 43.9 Å². The van der Waals surface area contributed by atoms with Crippen molar-refractivity contribution in [3.63, 3.8) is 0 Å². The fraction of sp³-hybridized carbons (Fsp3) is 0.294. The van der Waals surface area contributed by atoms with Crippen molar-refractivity contribution in [1.29, 1.82) is 0 Å². The molecule has 0 spiro atoms. The first-order valence-corrected chi connectivity index (χ1v) is 8.32. The van der Waals surface area contributed by atoms with Gasteiger partial charge in [0, 0.05) is 17.8 Å². The molecule has 1 aromatic carbocycles. The second-order valence-corrected chi connectivity index (χ2v) is 6.37. The van der Waals surface area contributed by atoms with Crippen LogP contribution in [0.5, 0.6) is 0 Å². The third kappa shape index (κ3) is 5.50. The molecule has 0 bridgehead atoms. The van der Waals surface area contributed by atoms with Gasteiger partial charge in [0.05, 0.1) is 4.88 Å². The van der Waals surface area contributed by atoms with Crippen LogP contribution in [0.15, 0.2) is 41.8 Å². The fourth-order valence-corrected chi connectivity index (χ4v) is 2.66. The summed E-state index contributed by atoms with van der Waals surface area (Å²) < 4.78 is 0. The van der Waals surface area contributed by atoms with Crippen LogP contribution in [0.25, 0.3) is 0 Å². The molecule has 0 aliphatic heterocycles. The maximum Gasteiger partial charge on any atom is 0.265 e. The summed E-state index contributed by atoms with van der Waals surface area (Å²) in [7, 11) is 4.00. The average Bonchev–Trinajstić information content (AvgIpc) is 3.06. The molecule has 2 amide bonds. The number of benzene rings is 1. The SMILES string of the molecule is CN(C)CCCNC(=O)c1cccc(NC(=O)c2cccs2)c1. The molecule has 5 nitrogen and oxygen atoms in total. The number of carbonyl (C=O) groups excluding carboxylic acids is 2. The van der Waals surface area contributed by atoms with Crippen molar-refractivity contribution in [3.05, 3.63) is 52.2 Å². The number of rotatable bonds is 7. The van der Waals surface area contributed by atoms with E-state index >= 15 is 0 Å². The van der Waals surface area contributed by atoms with Crippen LogP contribution in [0, 0.1) is 0 Å². The molecule has 0 saturated heterocycles. The first kappa shape index (κ1) is 17.2. The van der Waals surface area contributed by atoms with Crippen molar-refractivity contribution >= 4 is 28.8 Å². The Morgan fingerprint density at radius 1 is 1.13 bits per heavy atom. The number of carbonyl (C=O) groups is 2. The molecule has 2 N–H and O–H groups in total. The second kappa shape index (κ2) is 8.45. The summed E-state index contributed by atoms with van der Waals surface area (Å²) in [4.78, 5) is 26.9. The summed E-state index contributed by atoms with van der Waals surface area (Å²) in [5, 5.41) is 7.55. The van der Waals surface area contributed by atoms with E-state index in [1.165, 1.54) is 11.3 Å². The number of nitrogens with zero attached hydrogens (tertiary/aromatic N) is 1. The van der Waals surface area contributed by atoms with E-state index in [9.17, 15) is 9.59 Å². The van der Waals surface area contributed by atoms with E-state index in [1.54, 1.807) is 30.3 Å². The monoisotopic (exact) mass is 331 g/mol. The van der Waals surface area contributed by atoms with Crippen LogP contribution < -0.4 is 10.6 Å². The molecule has 23 heavy (non-hydrogen) atoms. The molecule has 0 fully saturated rings. The molecule has 6 heteroatoms. The van der Waals surface area contributed by atoms with Crippen molar-refractivity contribution in [3.8, 4) is 0 Å². The van der Waals surface area contributed by atoms with Gasteiger partial charge in [-0.1, -0.05) is 12.1 Å². The number of nitrogens with one attached hydrogen (secondary N) is 2. The summed E-state index contributed by atoms with van der Waals surface area (Å²) in [5.41, 5.74) is 1.16. The Hall–Kier alpha value is -2.18. The number of amides is 2. The molecule has 1 heterocycles. The number of anilines is 1. The number of hydrogen-bond donors (Lipinski definition) is 2. The lowest BCUT2D eigenvalue weighted by Crippen LogP contribution is -2.27. The smallest absolute Gasteiger partial charge is 0.265 e. The molecule has 0 atom stereocenters. The molecule has 0 saturated carbocycles. The first-order chi connectivity index (χ1) is 11.1. The molecule has 0 aliphatic rings. The minimum atomic E-state index is -0.163. The Kier molecular flexibility index (Phi) is 6.31. The maximum absolute atomic E-state index is 12.1. The van der Waals surface area contributed by atoms with Gasteiger partial charge < -0.3 is 15.5 Å². The van der Waals surface area contributed by atoms with Crippen LogP contribution >= 0.6 is 11.3 Å². The highest BCUT2D eigenvalue weighted by atomic mass is 32.1. The van der Waals surface area contributed by atoms with E-state index in [2.05, 4.69) is 15.5 Å². The maximum atomic E-state index is 12.1. The molecular formula is C17H21N3O2S. The van der Waals surface area contributed by atoms with Crippen LogP contribution in [0.2, 0.25) is 0 Å². The van der Waals surface area contributed by atoms with Crippen LogP contribution in [0.4, 0.5) is 5.69 Å². The van der Waals surface area contributed by atoms with Gasteiger partial charge in [0.2, 0.25) is 0 Å². The van der Waals surface area contributed by atoms with Gasteiger partial charge in [-0.3, -0.25) is 9.59 Å². The Labute approximate surface area is 140 Å². The van der Waals surface area contributed by atoms with Gasteiger partial charge in [-0.2, -0.15) is 0 Å². The Morgan fingerprint density at radius 2 is 1.96 bits per heavy atom. The minimum Gasteiger partial charge on any atom is -0.352 e. The Bertz CT molecular complexity index is 654. The molecular weight excluding hydrogens is 310 g/mol. The normalized spacial score (nSPS) is 10.6. The zero-order valence-corrected chi connectivity index (χ0v) is 14.2. The van der Waals surface area contributed by atoms with Crippen LogP contribution in [0.1, 0.15) is 26.5 Å². The predicted octanol–water partition coefficient (Wildman–Crippen LogP) is 2.68. The molecule has 1 aromatic heterocycles. The summed E-state index contributed by atoms with van der Waals surface area (Å²) in [6, 6.07) is 10.6. The number of hydrogen-bond acceptors (Lipinski definition) is 4. The lowest BCUT2D eigenvalue weighted by molar-refractivity contribution is 0.0951. The lowest BCUT2D eigenvalue weighted by Gasteiger charge is -2.10. The van der Waals surface area contributed by atoms with Crippen molar-refractivity contribution in [2.75, 3.05) is 32.5 Å². The fourth-order valence-electron chi connectivity index (χ4n) is 2.04. The quantitative estimate of drug-likeness (QED) is 0.767. The number of thiophene rings is 1. The molecule has 122 valence electrons. The first-order valence-electron chi connectivity index (χ1n) is 7.44. The third-order valence-electron chi connectivity index (χ3n) is 3.20. The van der Waals surface area contributed by atoms with Crippen molar-refractivity contribution in [1.82, 2.24) is 10.2 Å². The van der Waals surface area contributed by atoms with Crippen molar-refractivity contribution < 1.29 is 9.59 Å². The van der Waals surface area contributed by atoms with Crippen molar-refractivity contribution in [2.45, 2.75) is 6.42 Å². The molecule has 2 rings (SSSR count). The van der Waals surface area contributed by atoms with E-state index in [0.717, 1.165) is 13.0 Å². The van der Waals surface area contributed by atoms with Gasteiger partial charge in [-0.05, 0) is 56.7 Å². The van der Waals surface area contributed by atoms with Gasteiger partial charge in [-0.25, -0.2) is 0 Å². The minimum absolute atomic E-state index is 0.129. The summed E-state index contributed by atoms with van der Waals surface area (Å²) in [6.07, 6.45) is 0.896. The average molecular weight is 331 g/mol. The third-order valence-corrected chi connectivity index (χ3v) is 4.06. The zero-order chi connectivity index (χ0) is 16.7. The molecule has 0 radical (unpaired) electrons. The van der Waals surface area contributed by atoms with Crippen LogP contribution in [0.3, 0.4) is 0 Å². The van der Waals surface area contributed by atoms with Gasteiger partial charge in [0.25, 0.3) is 11.8 Å². The van der Waals surface area contributed by atoms with Gasteiger partial charge in [-0.15, -0.1) is 11.3 Å². The van der Waals surface area contributed by atoms with Crippen LogP contribution in [-0.2, 0) is 0 Å². The van der Waals surface area contributed by atoms with E-state index in [1.807, 2.05) is 25.5 Å². The highest BCUT2D eigenvalue weighted by Crippen LogP contribution is 2.15. The van der Waals surface area contributed by atoms with E-state index in [0.29, 0.717) is 22.7 Å². The van der Waals surface area contributed by atoms with Crippen molar-refractivity contribution in [2.24, 2.45) is 0 Å². The Balaban J connectivity index is 1.91. The van der Waals surface area contributed by atoms with Gasteiger partial charge in [0.1, 0.15) is 0 Å². The largest absolute Gasteiger partial charge is 0.352 e.